The van der Waals surface area contributed by atoms with Crippen LogP contribution in [0.4, 0.5) is 13.2 Å². The maximum absolute atomic E-state index is 11.5. The van der Waals surface area contributed by atoms with Crippen molar-refractivity contribution < 1.29 is 27.4 Å². The van der Waals surface area contributed by atoms with Crippen LogP contribution in [0.25, 0.3) is 0 Å². The average molecular weight is 184 g/mol. The van der Waals surface area contributed by atoms with Crippen LogP contribution in [0.2, 0.25) is 0 Å². The number of esters is 1. The highest BCUT2D eigenvalue weighted by Gasteiger charge is 2.45. The third-order valence-electron chi connectivity index (χ3n) is 1.38. The van der Waals surface area contributed by atoms with Crippen molar-refractivity contribution in [2.24, 2.45) is 0 Å². The van der Waals surface area contributed by atoms with E-state index >= 15 is 0 Å². The van der Waals surface area contributed by atoms with Gasteiger partial charge < -0.3 is 9.47 Å². The lowest BCUT2D eigenvalue weighted by Crippen LogP contribution is -2.29. The van der Waals surface area contributed by atoms with Gasteiger partial charge >= 0.3 is 12.1 Å². The fraction of sp³-hybridized carbons (Fsp3) is 0.833. The topological polar surface area (TPSA) is 38.8 Å². The molecule has 70 valence electrons. The molecular formula is C6H7F3O3. The van der Waals surface area contributed by atoms with Gasteiger partial charge in [0, 0.05) is 0 Å². The molecule has 0 spiro atoms. The van der Waals surface area contributed by atoms with Crippen LogP contribution in [0.3, 0.4) is 0 Å². The molecule has 6 heteroatoms. The van der Waals surface area contributed by atoms with E-state index in [-0.39, 0.29) is 6.61 Å². The van der Waals surface area contributed by atoms with E-state index in [2.05, 4.69) is 4.74 Å². The number of hydrogen-bond acceptors (Lipinski definition) is 3. The smallest absolute Gasteiger partial charge is 0.456 e. The summed E-state index contributed by atoms with van der Waals surface area (Å²) >= 11 is 0. The van der Waals surface area contributed by atoms with E-state index in [1.54, 1.807) is 6.92 Å². The first kappa shape index (κ1) is 9.31. The van der Waals surface area contributed by atoms with E-state index < -0.39 is 17.7 Å². The number of carbonyl (C=O) groups is 1. The predicted octanol–water partition coefficient (Wildman–Crippen LogP) is 0.881. The molecule has 12 heavy (non-hydrogen) atoms. The lowest BCUT2D eigenvalue weighted by Gasteiger charge is -2.08. The first-order valence-electron chi connectivity index (χ1n) is 3.21. The minimum Gasteiger partial charge on any atom is -0.456 e. The van der Waals surface area contributed by atoms with E-state index in [1.165, 1.54) is 0 Å². The number of hydrogen-bond donors (Lipinski definition) is 0. The third kappa shape index (κ3) is 2.37. The third-order valence-corrected chi connectivity index (χ3v) is 1.38. The first-order chi connectivity index (χ1) is 5.33. The Balaban J connectivity index is 2.28. The molecule has 0 aromatic heterocycles. The maximum Gasteiger partial charge on any atom is 0.490 e. The molecule has 0 aromatic carbocycles. The van der Waals surface area contributed by atoms with Gasteiger partial charge in [-0.15, -0.1) is 0 Å². The fourth-order valence-corrected chi connectivity index (χ4v) is 0.507. The van der Waals surface area contributed by atoms with Crippen molar-refractivity contribution in [3.63, 3.8) is 0 Å². The molecule has 1 atom stereocenters. The standard InChI is InChI=1S/C6H7F3O3/c1-5(3-12-5)2-11-4(10)6(7,8)9/h2-3H2,1H3. The SMILES string of the molecule is CC1(COC(=O)C(F)(F)F)CO1. The Kier molecular flexibility index (Phi) is 2.03. The summed E-state index contributed by atoms with van der Waals surface area (Å²) in [5.74, 6) is -2.17. The largest absolute Gasteiger partial charge is 0.490 e. The molecule has 1 aliphatic heterocycles. The Morgan fingerprint density at radius 1 is 1.67 bits per heavy atom. The number of halogens is 3. The second kappa shape index (κ2) is 2.62. The zero-order valence-electron chi connectivity index (χ0n) is 6.27. The summed E-state index contributed by atoms with van der Waals surface area (Å²) in [6.45, 7) is 1.56. The van der Waals surface area contributed by atoms with Crippen molar-refractivity contribution in [3.05, 3.63) is 0 Å². The van der Waals surface area contributed by atoms with Crippen LogP contribution in [0.1, 0.15) is 6.92 Å². The van der Waals surface area contributed by atoms with Gasteiger partial charge in [0.15, 0.2) is 0 Å². The molecule has 3 nitrogen and oxygen atoms in total. The Labute approximate surface area is 66.4 Å². The van der Waals surface area contributed by atoms with Gasteiger partial charge in [-0.2, -0.15) is 13.2 Å². The van der Waals surface area contributed by atoms with Gasteiger partial charge in [0.25, 0.3) is 0 Å². The van der Waals surface area contributed by atoms with E-state index in [1.807, 2.05) is 0 Å². The highest BCUT2D eigenvalue weighted by Crippen LogP contribution is 2.27. The molecule has 0 bridgehead atoms. The molecule has 0 radical (unpaired) electrons. The Morgan fingerprint density at radius 3 is 2.50 bits per heavy atom. The molecular weight excluding hydrogens is 177 g/mol. The van der Waals surface area contributed by atoms with Gasteiger partial charge in [0.1, 0.15) is 12.2 Å². The van der Waals surface area contributed by atoms with Crippen LogP contribution >= 0.6 is 0 Å². The minimum atomic E-state index is -4.91. The van der Waals surface area contributed by atoms with Gasteiger partial charge in [-0.05, 0) is 6.92 Å². The molecule has 0 aromatic rings. The van der Waals surface area contributed by atoms with E-state index in [0.717, 1.165) is 0 Å². The quantitative estimate of drug-likeness (QED) is 0.472. The summed E-state index contributed by atoms with van der Waals surface area (Å²) in [5.41, 5.74) is -0.694. The van der Waals surface area contributed by atoms with Crippen LogP contribution in [0.15, 0.2) is 0 Å². The summed E-state index contributed by atoms with van der Waals surface area (Å²) in [6, 6.07) is 0. The number of ether oxygens (including phenoxy) is 2. The molecule has 1 fully saturated rings. The van der Waals surface area contributed by atoms with Crippen molar-refractivity contribution in [1.82, 2.24) is 0 Å². The second-order valence-electron chi connectivity index (χ2n) is 2.81. The van der Waals surface area contributed by atoms with Crippen molar-refractivity contribution >= 4 is 5.97 Å². The zero-order chi connectivity index (χ0) is 9.41. The summed E-state index contributed by atoms with van der Waals surface area (Å²) in [4.78, 5) is 10.1. The van der Waals surface area contributed by atoms with Gasteiger partial charge in [0.2, 0.25) is 0 Å². The molecule has 0 N–H and O–H groups in total. The molecule has 1 aliphatic rings. The van der Waals surface area contributed by atoms with Crippen LogP contribution in [-0.2, 0) is 14.3 Å². The van der Waals surface area contributed by atoms with Crippen LogP contribution < -0.4 is 0 Å². The molecule has 1 saturated heterocycles. The lowest BCUT2D eigenvalue weighted by molar-refractivity contribution is -0.201. The van der Waals surface area contributed by atoms with Gasteiger partial charge in [-0.3, -0.25) is 0 Å². The average Bonchev–Trinajstić information content (AvgIpc) is 2.62. The molecule has 0 saturated carbocycles. The van der Waals surface area contributed by atoms with E-state index in [0.29, 0.717) is 6.61 Å². The Morgan fingerprint density at radius 2 is 2.17 bits per heavy atom. The highest BCUT2D eigenvalue weighted by molar-refractivity contribution is 5.75. The summed E-state index contributed by atoms with van der Waals surface area (Å²) < 4.78 is 43.2. The van der Waals surface area contributed by atoms with Gasteiger partial charge in [-0.1, -0.05) is 0 Å². The Bertz CT molecular complexity index is 195. The highest BCUT2D eigenvalue weighted by atomic mass is 19.4. The lowest BCUT2D eigenvalue weighted by atomic mass is 10.2. The predicted molar refractivity (Wildman–Crippen MR) is 31.4 cm³/mol. The number of carbonyl (C=O) groups excluding carboxylic acids is 1. The Hall–Kier alpha value is -0.780. The zero-order valence-corrected chi connectivity index (χ0v) is 6.27. The normalized spacial score (nSPS) is 28.3. The van der Waals surface area contributed by atoms with Crippen LogP contribution in [-0.4, -0.2) is 31.0 Å². The monoisotopic (exact) mass is 184 g/mol. The molecule has 0 amide bonds. The van der Waals surface area contributed by atoms with Crippen molar-refractivity contribution in [2.75, 3.05) is 13.2 Å². The van der Waals surface area contributed by atoms with Crippen molar-refractivity contribution in [1.29, 1.82) is 0 Å². The fourth-order valence-electron chi connectivity index (χ4n) is 0.507. The van der Waals surface area contributed by atoms with Gasteiger partial charge in [0.05, 0.1) is 6.61 Å². The van der Waals surface area contributed by atoms with Gasteiger partial charge in [-0.25, -0.2) is 4.79 Å². The van der Waals surface area contributed by atoms with Crippen molar-refractivity contribution in [3.8, 4) is 0 Å². The minimum absolute atomic E-state index is 0.331. The summed E-state index contributed by atoms with van der Waals surface area (Å²) in [5, 5.41) is 0. The van der Waals surface area contributed by atoms with Crippen LogP contribution in [0.5, 0.6) is 0 Å². The summed E-state index contributed by atoms with van der Waals surface area (Å²) in [7, 11) is 0. The molecule has 0 aliphatic carbocycles. The summed E-state index contributed by atoms with van der Waals surface area (Å²) in [6.07, 6.45) is -4.91. The van der Waals surface area contributed by atoms with E-state index in [4.69, 9.17) is 4.74 Å². The number of rotatable bonds is 2. The van der Waals surface area contributed by atoms with Crippen LogP contribution in [0, 0.1) is 0 Å². The first-order valence-corrected chi connectivity index (χ1v) is 3.21. The number of epoxide rings is 1. The van der Waals surface area contributed by atoms with Crippen molar-refractivity contribution in [2.45, 2.75) is 18.7 Å². The second-order valence-corrected chi connectivity index (χ2v) is 2.81. The molecule has 1 unspecified atom stereocenters. The molecule has 1 rings (SSSR count). The maximum atomic E-state index is 11.5. The van der Waals surface area contributed by atoms with E-state index in [9.17, 15) is 18.0 Å². The molecule has 1 heterocycles. The number of alkyl halides is 3.